The highest BCUT2D eigenvalue weighted by molar-refractivity contribution is 6.31. The predicted octanol–water partition coefficient (Wildman–Crippen LogP) is 7.03. The molecule has 2 heteroatoms. The molecule has 0 N–H and O–H groups in total. The number of benzene rings is 4. The largest absolute Gasteiger partial charge is 0.309 e. The number of para-hydroxylation sites is 2. The molecule has 27 heavy (non-hydrogen) atoms. The molecular weight excluding hydrogens is 350 g/mol. The molecule has 4 aromatic carbocycles. The maximum Gasteiger partial charge on any atom is 0.0541 e. The third kappa shape index (κ3) is 2.72. The molecule has 0 saturated carbocycles. The average Bonchev–Trinajstić information content (AvgIpc) is 3.05. The molecule has 130 valence electrons. The molecule has 5 aromatic rings. The van der Waals surface area contributed by atoms with Crippen LogP contribution in [0.3, 0.4) is 0 Å². The molecule has 0 amide bonds. The number of fused-ring (bicyclic) bond motifs is 3. The van der Waals surface area contributed by atoms with Crippen LogP contribution < -0.4 is 0 Å². The van der Waals surface area contributed by atoms with Crippen LogP contribution >= 0.6 is 11.6 Å². The number of hydrogen-bond acceptors (Lipinski definition) is 0. The van der Waals surface area contributed by atoms with Crippen molar-refractivity contribution in [2.45, 2.75) is 6.42 Å². The molecule has 1 nitrogen and oxygen atoms in total. The van der Waals surface area contributed by atoms with Crippen LogP contribution in [0, 0.1) is 0 Å². The van der Waals surface area contributed by atoms with Gasteiger partial charge in [-0.05, 0) is 35.4 Å². The Bertz CT molecular complexity index is 1200. The van der Waals surface area contributed by atoms with Gasteiger partial charge in [0.25, 0.3) is 0 Å². The van der Waals surface area contributed by atoms with E-state index in [-0.39, 0.29) is 0 Å². The summed E-state index contributed by atoms with van der Waals surface area (Å²) in [5.74, 6) is 0. The van der Waals surface area contributed by atoms with E-state index >= 15 is 0 Å². The lowest BCUT2D eigenvalue weighted by molar-refractivity contribution is 1.09. The monoisotopic (exact) mass is 367 g/mol. The Morgan fingerprint density at radius 3 is 1.85 bits per heavy atom. The molecule has 5 rings (SSSR count). The summed E-state index contributed by atoms with van der Waals surface area (Å²) in [4.78, 5) is 0. The molecule has 0 aliphatic rings. The summed E-state index contributed by atoms with van der Waals surface area (Å²) >= 11 is 6.69. The van der Waals surface area contributed by atoms with E-state index in [1.807, 2.05) is 18.2 Å². The van der Waals surface area contributed by atoms with Gasteiger partial charge in [-0.15, -0.1) is 0 Å². The Hall–Kier alpha value is -3.03. The van der Waals surface area contributed by atoms with Gasteiger partial charge in [0.1, 0.15) is 0 Å². The van der Waals surface area contributed by atoms with Crippen LogP contribution in [-0.2, 0) is 6.42 Å². The number of halogens is 1. The van der Waals surface area contributed by atoms with E-state index in [0.717, 1.165) is 22.7 Å². The number of hydrogen-bond donors (Lipinski definition) is 0. The number of rotatable bonds is 3. The third-order valence-electron chi connectivity index (χ3n) is 5.14. The highest BCUT2D eigenvalue weighted by Crippen LogP contribution is 2.35. The van der Waals surface area contributed by atoms with Crippen LogP contribution in [-0.4, -0.2) is 4.57 Å². The summed E-state index contributed by atoms with van der Waals surface area (Å²) in [6, 6.07) is 33.8. The molecule has 0 spiro atoms. The van der Waals surface area contributed by atoms with Crippen LogP contribution in [0.4, 0.5) is 0 Å². The van der Waals surface area contributed by atoms with Crippen molar-refractivity contribution in [1.82, 2.24) is 4.57 Å². The van der Waals surface area contributed by atoms with E-state index in [4.69, 9.17) is 11.6 Å². The van der Waals surface area contributed by atoms with Gasteiger partial charge in [-0.3, -0.25) is 0 Å². The molecule has 1 heterocycles. The van der Waals surface area contributed by atoms with Crippen molar-refractivity contribution in [2.24, 2.45) is 0 Å². The van der Waals surface area contributed by atoms with Crippen molar-refractivity contribution < 1.29 is 0 Å². The van der Waals surface area contributed by atoms with E-state index in [2.05, 4.69) is 83.4 Å². The summed E-state index contributed by atoms with van der Waals surface area (Å²) in [5, 5.41) is 3.33. The van der Waals surface area contributed by atoms with Crippen molar-refractivity contribution in [3.63, 3.8) is 0 Å². The van der Waals surface area contributed by atoms with Crippen molar-refractivity contribution in [3.8, 4) is 5.69 Å². The van der Waals surface area contributed by atoms with E-state index in [1.165, 1.54) is 27.4 Å². The Kier molecular flexibility index (Phi) is 3.95. The quantitative estimate of drug-likeness (QED) is 0.322. The van der Waals surface area contributed by atoms with Gasteiger partial charge in [0, 0.05) is 22.2 Å². The Morgan fingerprint density at radius 2 is 1.19 bits per heavy atom. The molecule has 0 fully saturated rings. The van der Waals surface area contributed by atoms with Crippen molar-refractivity contribution in [2.75, 3.05) is 0 Å². The van der Waals surface area contributed by atoms with Crippen LogP contribution in [0.25, 0.3) is 27.5 Å². The van der Waals surface area contributed by atoms with Crippen molar-refractivity contribution in [1.29, 1.82) is 0 Å². The zero-order valence-corrected chi connectivity index (χ0v) is 15.5. The zero-order chi connectivity index (χ0) is 18.2. The molecule has 0 unspecified atom stereocenters. The summed E-state index contributed by atoms with van der Waals surface area (Å²) < 4.78 is 2.34. The smallest absolute Gasteiger partial charge is 0.0541 e. The number of aromatic nitrogens is 1. The fourth-order valence-corrected chi connectivity index (χ4v) is 4.15. The highest BCUT2D eigenvalue weighted by Gasteiger charge is 2.16. The molecule has 0 aliphatic carbocycles. The molecule has 1 aromatic heterocycles. The topological polar surface area (TPSA) is 4.93 Å². The van der Waals surface area contributed by atoms with Gasteiger partial charge in [0.15, 0.2) is 0 Å². The van der Waals surface area contributed by atoms with Crippen LogP contribution in [0.2, 0.25) is 5.02 Å². The Morgan fingerprint density at radius 1 is 0.593 bits per heavy atom. The van der Waals surface area contributed by atoms with Gasteiger partial charge in [0.05, 0.1) is 16.7 Å². The van der Waals surface area contributed by atoms with Gasteiger partial charge < -0.3 is 4.57 Å². The SMILES string of the molecule is Clc1cccc(-n2c3ccccc3c3ccccc32)c1Cc1ccccc1. The van der Waals surface area contributed by atoms with Crippen LogP contribution in [0.5, 0.6) is 0 Å². The van der Waals surface area contributed by atoms with Crippen LogP contribution in [0.15, 0.2) is 97.1 Å². The summed E-state index contributed by atoms with van der Waals surface area (Å²) in [6.45, 7) is 0. The summed E-state index contributed by atoms with van der Waals surface area (Å²) in [5.41, 5.74) is 5.96. The molecule has 0 aliphatic heterocycles. The molecular formula is C25H18ClN. The van der Waals surface area contributed by atoms with Gasteiger partial charge in [0.2, 0.25) is 0 Å². The fraction of sp³-hybridized carbons (Fsp3) is 0.0400. The van der Waals surface area contributed by atoms with Crippen molar-refractivity contribution >= 4 is 33.4 Å². The fourth-order valence-electron chi connectivity index (χ4n) is 3.91. The predicted molar refractivity (Wildman–Crippen MR) is 115 cm³/mol. The second-order valence-electron chi connectivity index (χ2n) is 6.77. The van der Waals surface area contributed by atoms with E-state index in [0.29, 0.717) is 0 Å². The van der Waals surface area contributed by atoms with Crippen molar-refractivity contribution in [3.05, 3.63) is 113 Å². The third-order valence-corrected chi connectivity index (χ3v) is 5.49. The van der Waals surface area contributed by atoms with Gasteiger partial charge in [-0.2, -0.15) is 0 Å². The Labute approximate surface area is 163 Å². The van der Waals surface area contributed by atoms with Crippen LogP contribution in [0.1, 0.15) is 11.1 Å². The second kappa shape index (κ2) is 6.61. The molecule has 0 atom stereocenters. The standard InChI is InChI=1S/C25H18ClN/c26-22-13-8-16-25(21(22)17-18-9-2-1-3-10-18)27-23-14-6-4-11-19(23)20-12-5-7-15-24(20)27/h1-16H,17H2. The molecule has 0 radical (unpaired) electrons. The van der Waals surface area contributed by atoms with Gasteiger partial charge in [-0.25, -0.2) is 0 Å². The lowest BCUT2D eigenvalue weighted by atomic mass is 10.0. The average molecular weight is 368 g/mol. The van der Waals surface area contributed by atoms with Gasteiger partial charge >= 0.3 is 0 Å². The first-order valence-corrected chi connectivity index (χ1v) is 9.50. The van der Waals surface area contributed by atoms with Gasteiger partial charge in [-0.1, -0.05) is 84.4 Å². The lowest BCUT2D eigenvalue weighted by Crippen LogP contribution is -2.01. The molecule has 0 saturated heterocycles. The highest BCUT2D eigenvalue weighted by atomic mass is 35.5. The second-order valence-corrected chi connectivity index (χ2v) is 7.18. The molecule has 0 bridgehead atoms. The first kappa shape index (κ1) is 16.2. The van der Waals surface area contributed by atoms with E-state index in [1.54, 1.807) is 0 Å². The summed E-state index contributed by atoms with van der Waals surface area (Å²) in [7, 11) is 0. The summed E-state index contributed by atoms with van der Waals surface area (Å²) in [6.07, 6.45) is 0.802. The normalized spacial score (nSPS) is 11.3. The van der Waals surface area contributed by atoms with E-state index in [9.17, 15) is 0 Å². The first-order chi connectivity index (χ1) is 13.3. The maximum absolute atomic E-state index is 6.69. The minimum absolute atomic E-state index is 0.802. The Balaban J connectivity index is 1.82. The van der Waals surface area contributed by atoms with E-state index < -0.39 is 0 Å². The minimum atomic E-state index is 0.802. The maximum atomic E-state index is 6.69. The first-order valence-electron chi connectivity index (χ1n) is 9.13. The lowest BCUT2D eigenvalue weighted by Gasteiger charge is -2.15. The number of nitrogens with zero attached hydrogens (tertiary/aromatic N) is 1. The zero-order valence-electron chi connectivity index (χ0n) is 14.8. The minimum Gasteiger partial charge on any atom is -0.309 e.